The highest BCUT2D eigenvalue weighted by atomic mass is 35.7. The first kappa shape index (κ1) is 16.3. The molecule has 0 bridgehead atoms. The Bertz CT molecular complexity index is 604. The number of aromatic nitrogens is 1. The van der Waals surface area contributed by atoms with Crippen molar-refractivity contribution in [3.63, 3.8) is 0 Å². The molecule has 0 saturated carbocycles. The second kappa shape index (κ2) is 6.81. The number of nitrogens with zero attached hydrogens (tertiary/aromatic N) is 1. The quantitative estimate of drug-likeness (QED) is 0.609. The molecule has 1 aromatic heterocycles. The molecule has 0 aromatic carbocycles. The Morgan fingerprint density at radius 3 is 2.86 bits per heavy atom. The standard InChI is InChI=1S/C13H18ClNO5S/c1-2-15-8-11(21(14,17)18)7-12(15)13(16)20-9-10-5-3-4-6-19-10/h7-8,10H,2-6,9H2,1H3. The third-order valence-corrected chi connectivity index (χ3v) is 4.70. The van der Waals surface area contributed by atoms with E-state index in [2.05, 4.69) is 0 Å². The zero-order valence-corrected chi connectivity index (χ0v) is 13.3. The van der Waals surface area contributed by atoms with Gasteiger partial charge in [0.15, 0.2) is 0 Å². The van der Waals surface area contributed by atoms with Crippen molar-refractivity contribution < 1.29 is 22.7 Å². The molecule has 0 N–H and O–H groups in total. The number of carbonyl (C=O) groups excluding carboxylic acids is 1. The SMILES string of the molecule is CCn1cc(S(=O)(=O)Cl)cc1C(=O)OCC1CCCCO1. The molecule has 8 heteroatoms. The second-order valence-electron chi connectivity index (χ2n) is 4.87. The molecular formula is C13H18ClNO5S. The first-order valence-electron chi connectivity index (χ1n) is 6.85. The molecule has 0 spiro atoms. The van der Waals surface area contributed by atoms with Gasteiger partial charge in [-0.05, 0) is 32.3 Å². The van der Waals surface area contributed by atoms with E-state index >= 15 is 0 Å². The van der Waals surface area contributed by atoms with Gasteiger partial charge in [0.05, 0.1) is 6.10 Å². The van der Waals surface area contributed by atoms with Crippen molar-refractivity contribution in [1.29, 1.82) is 0 Å². The van der Waals surface area contributed by atoms with Crippen molar-refractivity contribution in [3.8, 4) is 0 Å². The van der Waals surface area contributed by atoms with E-state index in [1.54, 1.807) is 6.92 Å². The number of hydrogen-bond donors (Lipinski definition) is 0. The third kappa shape index (κ3) is 4.21. The van der Waals surface area contributed by atoms with Crippen LogP contribution in [0.15, 0.2) is 17.2 Å². The van der Waals surface area contributed by atoms with Crippen LogP contribution in [0.2, 0.25) is 0 Å². The molecule has 1 aromatic rings. The summed E-state index contributed by atoms with van der Waals surface area (Å²) in [5.74, 6) is -0.572. The average Bonchev–Trinajstić information content (AvgIpc) is 2.90. The zero-order chi connectivity index (χ0) is 15.5. The maximum absolute atomic E-state index is 12.1. The van der Waals surface area contributed by atoms with Crippen LogP contribution in [0.25, 0.3) is 0 Å². The van der Waals surface area contributed by atoms with Gasteiger partial charge < -0.3 is 14.0 Å². The summed E-state index contributed by atoms with van der Waals surface area (Å²) in [5.41, 5.74) is 0.174. The highest BCUT2D eigenvalue weighted by molar-refractivity contribution is 8.13. The summed E-state index contributed by atoms with van der Waals surface area (Å²) in [6.45, 7) is 3.10. The monoisotopic (exact) mass is 335 g/mol. The van der Waals surface area contributed by atoms with E-state index in [1.165, 1.54) is 16.8 Å². The lowest BCUT2D eigenvalue weighted by molar-refractivity contribution is -0.0304. The van der Waals surface area contributed by atoms with Crippen LogP contribution in [0.4, 0.5) is 0 Å². The molecular weight excluding hydrogens is 318 g/mol. The van der Waals surface area contributed by atoms with Gasteiger partial charge in [-0.15, -0.1) is 0 Å². The largest absolute Gasteiger partial charge is 0.458 e. The summed E-state index contributed by atoms with van der Waals surface area (Å²) in [6, 6.07) is 1.23. The van der Waals surface area contributed by atoms with Crippen molar-refractivity contribution in [2.45, 2.75) is 43.7 Å². The van der Waals surface area contributed by atoms with Crippen LogP contribution < -0.4 is 0 Å². The topological polar surface area (TPSA) is 74.6 Å². The van der Waals surface area contributed by atoms with Gasteiger partial charge in [0, 0.05) is 30.0 Å². The zero-order valence-electron chi connectivity index (χ0n) is 11.7. The van der Waals surface area contributed by atoms with E-state index in [4.69, 9.17) is 20.2 Å². The Balaban J connectivity index is 2.05. The number of rotatable bonds is 5. The predicted octanol–water partition coefficient (Wildman–Crippen LogP) is 2.16. The Hall–Kier alpha value is -1.05. The predicted molar refractivity (Wildman–Crippen MR) is 77.0 cm³/mol. The maximum atomic E-state index is 12.1. The fraction of sp³-hybridized carbons (Fsp3) is 0.615. The first-order valence-corrected chi connectivity index (χ1v) is 9.16. The molecule has 6 nitrogen and oxygen atoms in total. The van der Waals surface area contributed by atoms with Gasteiger partial charge >= 0.3 is 5.97 Å². The molecule has 118 valence electrons. The molecule has 21 heavy (non-hydrogen) atoms. The Labute approximate surface area is 128 Å². The number of carbonyl (C=O) groups is 1. The Morgan fingerprint density at radius 2 is 2.29 bits per heavy atom. The molecule has 1 aliphatic heterocycles. The minimum atomic E-state index is -3.86. The number of halogens is 1. The first-order chi connectivity index (χ1) is 9.91. The van der Waals surface area contributed by atoms with Crippen LogP contribution in [-0.4, -0.2) is 38.3 Å². The van der Waals surface area contributed by atoms with E-state index in [0.29, 0.717) is 13.2 Å². The summed E-state index contributed by atoms with van der Waals surface area (Å²) in [5, 5.41) is 0. The molecule has 0 aliphatic carbocycles. The van der Waals surface area contributed by atoms with Crippen LogP contribution in [0, 0.1) is 0 Å². The number of hydrogen-bond acceptors (Lipinski definition) is 5. The van der Waals surface area contributed by atoms with E-state index in [9.17, 15) is 13.2 Å². The fourth-order valence-corrected chi connectivity index (χ4v) is 2.99. The van der Waals surface area contributed by atoms with Gasteiger partial charge in [0.1, 0.15) is 17.2 Å². The van der Waals surface area contributed by atoms with Crippen LogP contribution in [0.3, 0.4) is 0 Å². The molecule has 2 heterocycles. The normalized spacial score (nSPS) is 19.4. The highest BCUT2D eigenvalue weighted by Crippen LogP contribution is 2.20. The van der Waals surface area contributed by atoms with Crippen molar-refractivity contribution in [2.24, 2.45) is 0 Å². The smallest absolute Gasteiger partial charge is 0.355 e. The van der Waals surface area contributed by atoms with Gasteiger partial charge in [0.25, 0.3) is 9.05 Å². The highest BCUT2D eigenvalue weighted by Gasteiger charge is 2.22. The number of esters is 1. The Morgan fingerprint density at radius 1 is 1.52 bits per heavy atom. The van der Waals surface area contributed by atoms with Crippen LogP contribution in [0.1, 0.15) is 36.7 Å². The van der Waals surface area contributed by atoms with Crippen molar-refractivity contribution in [1.82, 2.24) is 4.57 Å². The van der Waals surface area contributed by atoms with Crippen LogP contribution >= 0.6 is 10.7 Å². The molecule has 0 amide bonds. The van der Waals surface area contributed by atoms with Gasteiger partial charge in [-0.25, -0.2) is 13.2 Å². The molecule has 1 unspecified atom stereocenters. The summed E-state index contributed by atoms with van der Waals surface area (Å²) in [6.07, 6.45) is 4.20. The van der Waals surface area contributed by atoms with E-state index in [0.717, 1.165) is 19.3 Å². The summed E-state index contributed by atoms with van der Waals surface area (Å²) in [7, 11) is 1.43. The minimum absolute atomic E-state index is 0.0797. The summed E-state index contributed by atoms with van der Waals surface area (Å²) >= 11 is 0. The lowest BCUT2D eigenvalue weighted by atomic mass is 10.1. The molecule has 1 aliphatic rings. The van der Waals surface area contributed by atoms with Gasteiger partial charge in [-0.2, -0.15) is 0 Å². The average molecular weight is 336 g/mol. The lowest BCUT2D eigenvalue weighted by Gasteiger charge is -2.22. The van der Waals surface area contributed by atoms with Crippen molar-refractivity contribution >= 4 is 25.7 Å². The molecule has 1 fully saturated rings. The third-order valence-electron chi connectivity index (χ3n) is 3.38. The van der Waals surface area contributed by atoms with Crippen molar-refractivity contribution in [2.75, 3.05) is 13.2 Å². The lowest BCUT2D eigenvalue weighted by Crippen LogP contribution is -2.26. The van der Waals surface area contributed by atoms with Crippen molar-refractivity contribution in [3.05, 3.63) is 18.0 Å². The number of ether oxygens (including phenoxy) is 2. The summed E-state index contributed by atoms with van der Waals surface area (Å²) < 4.78 is 34.8. The molecule has 1 saturated heterocycles. The van der Waals surface area contributed by atoms with Gasteiger partial charge in [0.2, 0.25) is 0 Å². The second-order valence-corrected chi connectivity index (χ2v) is 7.44. The molecule has 0 radical (unpaired) electrons. The van der Waals surface area contributed by atoms with Gasteiger partial charge in [-0.1, -0.05) is 0 Å². The number of aryl methyl sites for hydroxylation is 1. The van der Waals surface area contributed by atoms with E-state index < -0.39 is 15.0 Å². The maximum Gasteiger partial charge on any atom is 0.355 e. The molecule has 1 atom stereocenters. The van der Waals surface area contributed by atoms with E-state index in [1.807, 2.05) is 0 Å². The van der Waals surface area contributed by atoms with Crippen LogP contribution in [-0.2, 0) is 25.1 Å². The fourth-order valence-electron chi connectivity index (χ4n) is 2.23. The Kier molecular flexibility index (Phi) is 5.29. The van der Waals surface area contributed by atoms with Gasteiger partial charge in [-0.3, -0.25) is 0 Å². The minimum Gasteiger partial charge on any atom is -0.458 e. The van der Waals surface area contributed by atoms with Crippen LogP contribution in [0.5, 0.6) is 0 Å². The van der Waals surface area contributed by atoms with E-state index in [-0.39, 0.29) is 23.3 Å². The molecule has 2 rings (SSSR count). The summed E-state index contributed by atoms with van der Waals surface area (Å²) in [4.78, 5) is 12.0.